The van der Waals surface area contributed by atoms with Crippen molar-refractivity contribution in [1.82, 2.24) is 0 Å². The van der Waals surface area contributed by atoms with E-state index >= 15 is 0 Å². The van der Waals surface area contributed by atoms with Crippen LogP contribution in [0.4, 0.5) is 0 Å². The van der Waals surface area contributed by atoms with E-state index in [2.05, 4.69) is 31.2 Å². The SMILES string of the molecule is Cc1ccc(SCC(N)C2CCCC(S(C)(=O)=O)C2)cc1. The van der Waals surface area contributed by atoms with Crippen LogP contribution in [0.1, 0.15) is 31.2 Å². The van der Waals surface area contributed by atoms with Crippen LogP contribution in [-0.2, 0) is 9.84 Å². The third kappa shape index (κ3) is 5.01. The quantitative estimate of drug-likeness (QED) is 0.845. The van der Waals surface area contributed by atoms with Crippen LogP contribution in [0.3, 0.4) is 0 Å². The van der Waals surface area contributed by atoms with Crippen LogP contribution >= 0.6 is 11.8 Å². The molecule has 0 heterocycles. The highest BCUT2D eigenvalue weighted by Crippen LogP contribution is 2.32. The first-order valence-electron chi connectivity index (χ1n) is 7.50. The Morgan fingerprint density at radius 3 is 2.57 bits per heavy atom. The van der Waals surface area contributed by atoms with E-state index in [4.69, 9.17) is 5.73 Å². The Balaban J connectivity index is 1.88. The molecule has 2 N–H and O–H groups in total. The van der Waals surface area contributed by atoms with E-state index in [-0.39, 0.29) is 11.3 Å². The molecule has 118 valence electrons. The molecule has 1 aromatic carbocycles. The Morgan fingerprint density at radius 1 is 1.29 bits per heavy atom. The first-order chi connectivity index (χ1) is 9.86. The molecule has 3 nitrogen and oxygen atoms in total. The van der Waals surface area contributed by atoms with Gasteiger partial charge in [-0.1, -0.05) is 24.1 Å². The molecule has 1 aromatic rings. The van der Waals surface area contributed by atoms with Crippen molar-refractivity contribution in [3.05, 3.63) is 29.8 Å². The van der Waals surface area contributed by atoms with Gasteiger partial charge in [-0.3, -0.25) is 0 Å². The molecule has 0 aromatic heterocycles. The molecule has 0 spiro atoms. The Hall–Kier alpha value is -0.520. The van der Waals surface area contributed by atoms with Gasteiger partial charge in [0, 0.05) is 22.9 Å². The van der Waals surface area contributed by atoms with E-state index in [9.17, 15) is 8.42 Å². The molecule has 2 rings (SSSR count). The molecule has 3 atom stereocenters. The van der Waals surface area contributed by atoms with Crippen LogP contribution in [0.2, 0.25) is 0 Å². The average molecular weight is 328 g/mol. The summed E-state index contributed by atoms with van der Waals surface area (Å²) >= 11 is 1.77. The molecule has 3 unspecified atom stereocenters. The van der Waals surface area contributed by atoms with Gasteiger partial charge in [-0.15, -0.1) is 11.8 Å². The van der Waals surface area contributed by atoms with Gasteiger partial charge in [-0.2, -0.15) is 0 Å². The van der Waals surface area contributed by atoms with Gasteiger partial charge in [0.15, 0.2) is 0 Å². The van der Waals surface area contributed by atoms with E-state index in [1.54, 1.807) is 11.8 Å². The topological polar surface area (TPSA) is 60.2 Å². The number of rotatable bonds is 5. The molecule has 1 aliphatic carbocycles. The molecule has 5 heteroatoms. The van der Waals surface area contributed by atoms with Gasteiger partial charge in [0.1, 0.15) is 9.84 Å². The van der Waals surface area contributed by atoms with E-state index in [0.29, 0.717) is 5.92 Å². The number of aryl methyl sites for hydroxylation is 1. The molecular weight excluding hydrogens is 302 g/mol. The molecule has 1 saturated carbocycles. The zero-order chi connectivity index (χ0) is 15.5. The van der Waals surface area contributed by atoms with Crippen LogP contribution in [0.25, 0.3) is 0 Å². The number of sulfone groups is 1. The third-order valence-electron chi connectivity index (χ3n) is 4.34. The van der Waals surface area contributed by atoms with E-state index in [0.717, 1.165) is 31.4 Å². The predicted molar refractivity (Wildman–Crippen MR) is 90.5 cm³/mol. The standard InChI is InChI=1S/C16H25NO2S2/c1-12-6-8-14(9-7-12)20-11-16(17)13-4-3-5-15(10-13)21(2,18)19/h6-9,13,15-16H,3-5,10-11,17H2,1-2H3. The van der Waals surface area contributed by atoms with Gasteiger partial charge in [-0.05, 0) is 44.2 Å². The minimum absolute atomic E-state index is 0.0702. The van der Waals surface area contributed by atoms with Gasteiger partial charge in [0.05, 0.1) is 5.25 Å². The third-order valence-corrected chi connectivity index (χ3v) is 7.14. The summed E-state index contributed by atoms with van der Waals surface area (Å²) in [6.45, 7) is 2.08. The summed E-state index contributed by atoms with van der Waals surface area (Å²) in [5.41, 5.74) is 7.57. The zero-order valence-corrected chi connectivity index (χ0v) is 14.4. The summed E-state index contributed by atoms with van der Waals surface area (Å²) in [5, 5.41) is -0.188. The van der Waals surface area contributed by atoms with Crippen molar-refractivity contribution in [2.24, 2.45) is 11.7 Å². The van der Waals surface area contributed by atoms with Gasteiger partial charge in [0.2, 0.25) is 0 Å². The van der Waals surface area contributed by atoms with Gasteiger partial charge >= 0.3 is 0 Å². The zero-order valence-electron chi connectivity index (χ0n) is 12.8. The summed E-state index contributed by atoms with van der Waals surface area (Å²) in [5.74, 6) is 1.18. The second-order valence-electron chi connectivity index (χ2n) is 6.17. The van der Waals surface area contributed by atoms with Gasteiger partial charge in [0.25, 0.3) is 0 Å². The highest BCUT2D eigenvalue weighted by Gasteiger charge is 2.31. The van der Waals surface area contributed by atoms with Crippen LogP contribution in [0, 0.1) is 12.8 Å². The lowest BCUT2D eigenvalue weighted by atomic mass is 9.84. The monoisotopic (exact) mass is 327 g/mol. The minimum Gasteiger partial charge on any atom is -0.327 e. The lowest BCUT2D eigenvalue weighted by Crippen LogP contribution is -2.39. The summed E-state index contributed by atoms with van der Waals surface area (Å²) in [6, 6.07) is 8.52. The number of nitrogens with two attached hydrogens (primary N) is 1. The maximum atomic E-state index is 11.7. The number of hydrogen-bond donors (Lipinski definition) is 1. The average Bonchev–Trinajstić information content (AvgIpc) is 2.45. The second kappa shape index (κ2) is 7.16. The number of benzene rings is 1. The van der Waals surface area contributed by atoms with Crippen LogP contribution in [0.5, 0.6) is 0 Å². The second-order valence-corrected chi connectivity index (χ2v) is 9.59. The van der Waals surface area contributed by atoms with E-state index in [1.807, 2.05) is 0 Å². The highest BCUT2D eigenvalue weighted by molar-refractivity contribution is 7.99. The van der Waals surface area contributed by atoms with Crippen LogP contribution < -0.4 is 5.73 Å². The number of hydrogen-bond acceptors (Lipinski definition) is 4. The Labute approximate surface area is 132 Å². The maximum absolute atomic E-state index is 11.7. The maximum Gasteiger partial charge on any atom is 0.150 e. The summed E-state index contributed by atoms with van der Waals surface area (Å²) in [4.78, 5) is 1.23. The molecule has 21 heavy (non-hydrogen) atoms. The van der Waals surface area contributed by atoms with Gasteiger partial charge in [-0.25, -0.2) is 8.42 Å². The molecular formula is C16H25NO2S2. The van der Waals surface area contributed by atoms with Crippen LogP contribution in [0.15, 0.2) is 29.2 Å². The molecule has 0 amide bonds. The largest absolute Gasteiger partial charge is 0.327 e. The Bertz CT molecular complexity index is 554. The van der Waals surface area contributed by atoms with Crippen molar-refractivity contribution < 1.29 is 8.42 Å². The molecule has 1 fully saturated rings. The summed E-state index contributed by atoms with van der Waals surface area (Å²) in [6.07, 6.45) is 4.92. The molecule has 1 aliphatic rings. The number of thioether (sulfide) groups is 1. The minimum atomic E-state index is -2.93. The smallest absolute Gasteiger partial charge is 0.150 e. The van der Waals surface area contributed by atoms with E-state index < -0.39 is 9.84 Å². The summed E-state index contributed by atoms with van der Waals surface area (Å²) < 4.78 is 23.4. The lowest BCUT2D eigenvalue weighted by Gasteiger charge is -2.31. The fourth-order valence-electron chi connectivity index (χ4n) is 2.92. The lowest BCUT2D eigenvalue weighted by molar-refractivity contribution is 0.319. The Morgan fingerprint density at radius 2 is 1.95 bits per heavy atom. The first kappa shape index (κ1) is 16.8. The van der Waals surface area contributed by atoms with E-state index in [1.165, 1.54) is 16.7 Å². The van der Waals surface area contributed by atoms with Crippen LogP contribution in [-0.4, -0.2) is 31.7 Å². The molecule has 0 aliphatic heterocycles. The van der Waals surface area contributed by atoms with Crippen molar-refractivity contribution in [3.8, 4) is 0 Å². The van der Waals surface area contributed by atoms with Crippen molar-refractivity contribution in [1.29, 1.82) is 0 Å². The fourth-order valence-corrected chi connectivity index (χ4v) is 5.10. The highest BCUT2D eigenvalue weighted by atomic mass is 32.2. The molecule has 0 bridgehead atoms. The first-order valence-corrected chi connectivity index (χ1v) is 10.4. The Kier molecular flexibility index (Phi) is 5.74. The summed E-state index contributed by atoms with van der Waals surface area (Å²) in [7, 11) is -2.93. The molecule has 0 saturated heterocycles. The van der Waals surface area contributed by atoms with Crippen molar-refractivity contribution in [2.75, 3.05) is 12.0 Å². The van der Waals surface area contributed by atoms with Gasteiger partial charge < -0.3 is 5.73 Å². The van der Waals surface area contributed by atoms with Crippen molar-refractivity contribution >= 4 is 21.6 Å². The predicted octanol–water partition coefficient (Wildman–Crippen LogP) is 3.02. The van der Waals surface area contributed by atoms with Crippen molar-refractivity contribution in [3.63, 3.8) is 0 Å². The fraction of sp³-hybridized carbons (Fsp3) is 0.625. The van der Waals surface area contributed by atoms with Crippen molar-refractivity contribution in [2.45, 2.75) is 48.8 Å². The normalized spacial score (nSPS) is 24.7. The molecule has 0 radical (unpaired) electrons.